The van der Waals surface area contributed by atoms with Crippen LogP contribution in [0.15, 0.2) is 24.3 Å². The van der Waals surface area contributed by atoms with E-state index in [0.717, 1.165) is 5.56 Å². The van der Waals surface area contributed by atoms with E-state index in [1.165, 1.54) is 6.92 Å². The van der Waals surface area contributed by atoms with Crippen molar-refractivity contribution in [2.24, 2.45) is 0 Å². The van der Waals surface area contributed by atoms with E-state index in [-0.39, 0.29) is 5.78 Å². The topological polar surface area (TPSA) is 26.3 Å². The fraction of sp³-hybridized carbons (Fsp3) is 0.250. The van der Waals surface area contributed by atoms with Gasteiger partial charge in [0.15, 0.2) is 5.78 Å². The Morgan fingerprint density at radius 3 is 2.80 bits per heavy atom. The molecule has 0 saturated carbocycles. The zero-order chi connectivity index (χ0) is 11.3. The van der Waals surface area contributed by atoms with Crippen LogP contribution in [-0.4, -0.2) is 18.8 Å². The Labute approximate surface area is 94.5 Å². The van der Waals surface area contributed by atoms with Crippen molar-refractivity contribution < 1.29 is 9.53 Å². The fourth-order valence-corrected chi connectivity index (χ4v) is 1.37. The Kier molecular flexibility index (Phi) is 4.37. The molecule has 0 amide bonds. The van der Waals surface area contributed by atoms with Crippen molar-refractivity contribution in [2.45, 2.75) is 6.92 Å². The van der Waals surface area contributed by atoms with Crippen molar-refractivity contribution in [3.8, 4) is 5.75 Å². The maximum Gasteiger partial charge on any atom is 0.163 e. The molecule has 0 atom stereocenters. The lowest BCUT2D eigenvalue weighted by atomic mass is 10.1. The van der Waals surface area contributed by atoms with Crippen LogP contribution in [0.25, 0.3) is 6.08 Å². The second-order valence-corrected chi connectivity index (χ2v) is 3.38. The molecule has 0 spiro atoms. The molecule has 0 heterocycles. The van der Waals surface area contributed by atoms with Gasteiger partial charge in [0.2, 0.25) is 0 Å². The van der Waals surface area contributed by atoms with E-state index < -0.39 is 0 Å². The van der Waals surface area contributed by atoms with E-state index in [0.29, 0.717) is 17.2 Å². The third-order valence-corrected chi connectivity index (χ3v) is 2.18. The van der Waals surface area contributed by atoms with Crippen molar-refractivity contribution in [1.82, 2.24) is 0 Å². The predicted molar refractivity (Wildman–Crippen MR) is 62.8 cm³/mol. The largest absolute Gasteiger partial charge is 0.496 e. The van der Waals surface area contributed by atoms with Gasteiger partial charge in [0.25, 0.3) is 0 Å². The monoisotopic (exact) mass is 224 g/mol. The molecule has 0 N–H and O–H groups in total. The number of alkyl halides is 1. The minimum atomic E-state index is -0.000257. The number of methoxy groups -OCH3 is 1. The number of Topliss-reactive ketones (excluding diaryl/α,β-unsaturated/α-hetero) is 1. The number of carbonyl (C=O) groups excluding carboxylic acids is 1. The molecule has 0 aliphatic carbocycles. The van der Waals surface area contributed by atoms with E-state index in [1.54, 1.807) is 13.2 Å². The number of ketones is 1. The summed E-state index contributed by atoms with van der Waals surface area (Å²) in [7, 11) is 1.55. The average Bonchev–Trinajstić information content (AvgIpc) is 2.25. The first-order valence-electron chi connectivity index (χ1n) is 4.60. The number of ether oxygens (including phenoxy) is 1. The van der Waals surface area contributed by atoms with Gasteiger partial charge in [-0.3, -0.25) is 4.79 Å². The van der Waals surface area contributed by atoms with Gasteiger partial charge in [-0.05, 0) is 24.6 Å². The molecule has 0 aliphatic heterocycles. The van der Waals surface area contributed by atoms with Gasteiger partial charge in [0.05, 0.1) is 12.7 Å². The number of hydrogen-bond donors (Lipinski definition) is 0. The van der Waals surface area contributed by atoms with Crippen LogP contribution in [0.4, 0.5) is 0 Å². The number of allylic oxidation sites excluding steroid dienone is 1. The maximum absolute atomic E-state index is 11.2. The molecular weight excluding hydrogens is 212 g/mol. The minimum absolute atomic E-state index is 0.000257. The summed E-state index contributed by atoms with van der Waals surface area (Å²) in [4.78, 5) is 11.2. The van der Waals surface area contributed by atoms with Crippen molar-refractivity contribution in [1.29, 1.82) is 0 Å². The zero-order valence-corrected chi connectivity index (χ0v) is 9.54. The summed E-state index contributed by atoms with van der Waals surface area (Å²) >= 11 is 5.53. The van der Waals surface area contributed by atoms with E-state index in [1.807, 2.05) is 24.3 Å². The lowest BCUT2D eigenvalue weighted by molar-refractivity contribution is 0.101. The Balaban J connectivity index is 3.07. The van der Waals surface area contributed by atoms with Gasteiger partial charge in [0, 0.05) is 5.88 Å². The van der Waals surface area contributed by atoms with Gasteiger partial charge in [-0.2, -0.15) is 0 Å². The first-order chi connectivity index (χ1) is 7.19. The van der Waals surface area contributed by atoms with Crippen molar-refractivity contribution in [2.75, 3.05) is 13.0 Å². The normalized spacial score (nSPS) is 10.6. The first kappa shape index (κ1) is 11.8. The molecule has 80 valence electrons. The number of benzene rings is 1. The Morgan fingerprint density at radius 1 is 1.53 bits per heavy atom. The second kappa shape index (κ2) is 5.56. The number of halogens is 1. The molecule has 0 radical (unpaired) electrons. The SMILES string of the molecule is COc1cc(/C=C/CCl)ccc1C(C)=O. The Morgan fingerprint density at radius 2 is 2.27 bits per heavy atom. The molecule has 0 bridgehead atoms. The quantitative estimate of drug-likeness (QED) is 0.580. The summed E-state index contributed by atoms with van der Waals surface area (Å²) in [6, 6.07) is 5.44. The summed E-state index contributed by atoms with van der Waals surface area (Å²) in [5.74, 6) is 1.07. The molecule has 0 aliphatic rings. The summed E-state index contributed by atoms with van der Waals surface area (Å²) in [6.45, 7) is 1.52. The highest BCUT2D eigenvalue weighted by Gasteiger charge is 2.07. The van der Waals surface area contributed by atoms with Gasteiger partial charge in [-0.25, -0.2) is 0 Å². The maximum atomic E-state index is 11.2. The third kappa shape index (κ3) is 3.10. The van der Waals surface area contributed by atoms with E-state index in [9.17, 15) is 4.79 Å². The van der Waals surface area contributed by atoms with Gasteiger partial charge in [0.1, 0.15) is 5.75 Å². The molecule has 0 saturated heterocycles. The van der Waals surface area contributed by atoms with Crippen LogP contribution in [0.3, 0.4) is 0 Å². The molecular formula is C12H13ClO2. The van der Waals surface area contributed by atoms with Crippen LogP contribution in [0.5, 0.6) is 5.75 Å². The molecule has 1 aromatic rings. The summed E-state index contributed by atoms with van der Waals surface area (Å²) < 4.78 is 5.14. The summed E-state index contributed by atoms with van der Waals surface area (Å²) in [5.41, 5.74) is 1.57. The molecule has 2 nitrogen and oxygen atoms in total. The number of rotatable bonds is 4. The van der Waals surface area contributed by atoms with Gasteiger partial charge in [-0.15, -0.1) is 11.6 Å². The molecule has 0 fully saturated rings. The highest BCUT2D eigenvalue weighted by atomic mass is 35.5. The van der Waals surface area contributed by atoms with Crippen LogP contribution in [-0.2, 0) is 0 Å². The summed E-state index contributed by atoms with van der Waals surface area (Å²) in [5, 5.41) is 0. The molecule has 3 heteroatoms. The van der Waals surface area contributed by atoms with E-state index in [4.69, 9.17) is 16.3 Å². The van der Waals surface area contributed by atoms with E-state index in [2.05, 4.69) is 0 Å². The lowest BCUT2D eigenvalue weighted by Gasteiger charge is -2.06. The predicted octanol–water partition coefficient (Wildman–Crippen LogP) is 3.15. The van der Waals surface area contributed by atoms with Gasteiger partial charge >= 0.3 is 0 Å². The fourth-order valence-electron chi connectivity index (χ4n) is 1.28. The molecule has 1 aromatic carbocycles. The second-order valence-electron chi connectivity index (χ2n) is 3.07. The lowest BCUT2D eigenvalue weighted by Crippen LogP contribution is -1.97. The highest BCUT2D eigenvalue weighted by Crippen LogP contribution is 2.21. The van der Waals surface area contributed by atoms with Crippen molar-refractivity contribution >= 4 is 23.5 Å². The summed E-state index contributed by atoms with van der Waals surface area (Å²) in [6.07, 6.45) is 3.73. The molecule has 0 aromatic heterocycles. The zero-order valence-electron chi connectivity index (χ0n) is 8.79. The van der Waals surface area contributed by atoms with Crippen molar-refractivity contribution in [3.05, 3.63) is 35.4 Å². The standard InChI is InChI=1S/C12H13ClO2/c1-9(14)11-6-5-10(4-3-7-13)8-12(11)15-2/h3-6,8H,7H2,1-2H3/b4-3+. The van der Waals surface area contributed by atoms with Gasteiger partial charge in [-0.1, -0.05) is 18.2 Å². The molecule has 1 rings (SSSR count). The van der Waals surface area contributed by atoms with E-state index >= 15 is 0 Å². The highest BCUT2D eigenvalue weighted by molar-refractivity contribution is 6.19. The van der Waals surface area contributed by atoms with Crippen LogP contribution in [0.2, 0.25) is 0 Å². The van der Waals surface area contributed by atoms with Crippen LogP contribution >= 0.6 is 11.6 Å². The minimum Gasteiger partial charge on any atom is -0.496 e. The van der Waals surface area contributed by atoms with Crippen molar-refractivity contribution in [3.63, 3.8) is 0 Å². The molecule has 0 unspecified atom stereocenters. The molecule has 15 heavy (non-hydrogen) atoms. The number of carbonyl (C=O) groups is 1. The Hall–Kier alpha value is -1.28. The average molecular weight is 225 g/mol. The smallest absolute Gasteiger partial charge is 0.163 e. The van der Waals surface area contributed by atoms with Crippen LogP contribution in [0, 0.1) is 0 Å². The first-order valence-corrected chi connectivity index (χ1v) is 5.14. The Bertz CT molecular complexity index is 383. The van der Waals surface area contributed by atoms with Crippen LogP contribution < -0.4 is 4.74 Å². The van der Waals surface area contributed by atoms with Gasteiger partial charge < -0.3 is 4.74 Å². The number of hydrogen-bond acceptors (Lipinski definition) is 2. The third-order valence-electron chi connectivity index (χ3n) is 2.00. The van der Waals surface area contributed by atoms with Crippen LogP contribution in [0.1, 0.15) is 22.8 Å².